The Kier molecular flexibility index (Phi) is 5.43. The largest absolute Gasteiger partial charge is 0.448 e. The number of rotatable bonds is 8. The van der Waals surface area contributed by atoms with Gasteiger partial charge in [0.25, 0.3) is 0 Å². The third-order valence-electron chi connectivity index (χ3n) is 4.97. The zero-order valence-corrected chi connectivity index (χ0v) is 13.2. The molecule has 0 spiro atoms. The summed E-state index contributed by atoms with van der Waals surface area (Å²) in [7, 11) is 0. The van der Waals surface area contributed by atoms with E-state index in [0.717, 1.165) is 25.7 Å². The Balaban J connectivity index is 1.74. The maximum absolute atomic E-state index is 12.1. The van der Waals surface area contributed by atoms with Crippen molar-refractivity contribution in [3.63, 3.8) is 0 Å². The summed E-state index contributed by atoms with van der Waals surface area (Å²) in [5, 5.41) is 2.78. The van der Waals surface area contributed by atoms with Crippen LogP contribution in [0, 0.1) is 17.3 Å². The van der Waals surface area contributed by atoms with Gasteiger partial charge < -0.3 is 10.1 Å². The molecule has 0 heterocycles. The minimum absolute atomic E-state index is 0.148. The smallest absolute Gasteiger partial charge is 0.407 e. The maximum atomic E-state index is 12.1. The molecule has 0 unspecified atom stereocenters. The molecule has 2 rings (SSSR count). The third-order valence-corrected chi connectivity index (χ3v) is 4.97. The highest BCUT2D eigenvalue weighted by Gasteiger charge is 2.52. The van der Waals surface area contributed by atoms with E-state index in [2.05, 4.69) is 24.4 Å². The summed E-state index contributed by atoms with van der Waals surface area (Å²) in [5.74, 6) is 0.882. The highest BCUT2D eigenvalue weighted by Crippen LogP contribution is 2.52. The number of carbonyl (C=O) groups excluding carboxylic acids is 2. The first kappa shape index (κ1) is 16.1. The lowest BCUT2D eigenvalue weighted by Crippen LogP contribution is -2.40. The molecule has 1 fully saturated rings. The average molecular weight is 293 g/mol. The second-order valence-corrected chi connectivity index (χ2v) is 6.47. The Hall–Kier alpha value is -1.32. The van der Waals surface area contributed by atoms with Gasteiger partial charge in [0.2, 0.25) is 0 Å². The van der Waals surface area contributed by atoms with Crippen LogP contribution in [0.15, 0.2) is 12.2 Å². The number of Topliss-reactive ketones (excluding diaryl/α,β-unsaturated/α-hetero) is 1. The molecular weight excluding hydrogens is 266 g/mol. The van der Waals surface area contributed by atoms with Crippen LogP contribution in [0.4, 0.5) is 4.79 Å². The van der Waals surface area contributed by atoms with Crippen LogP contribution in [0.3, 0.4) is 0 Å². The number of unbranched alkanes of at least 4 members (excludes halogenated alkanes) is 3. The lowest BCUT2D eigenvalue weighted by atomic mass is 9.73. The Morgan fingerprint density at radius 3 is 2.67 bits per heavy atom. The summed E-state index contributed by atoms with van der Waals surface area (Å²) in [6.07, 6.45) is 10.3. The quantitative estimate of drug-likeness (QED) is 0.551. The first-order valence-corrected chi connectivity index (χ1v) is 8.18. The van der Waals surface area contributed by atoms with Crippen LogP contribution in [0.2, 0.25) is 0 Å². The normalized spacial score (nSPS) is 29.6. The molecule has 3 atom stereocenters. The van der Waals surface area contributed by atoms with Crippen LogP contribution in [0.1, 0.15) is 52.4 Å². The lowest BCUT2D eigenvalue weighted by molar-refractivity contribution is -0.130. The summed E-state index contributed by atoms with van der Waals surface area (Å²) in [6.45, 7) is 4.65. The molecule has 1 saturated carbocycles. The molecule has 0 aromatic heterocycles. The summed E-state index contributed by atoms with van der Waals surface area (Å²) >= 11 is 0. The first-order chi connectivity index (χ1) is 10.1. The number of ketones is 1. The van der Waals surface area contributed by atoms with Crippen molar-refractivity contribution in [1.82, 2.24) is 5.32 Å². The molecular formula is C17H27NO3. The van der Waals surface area contributed by atoms with E-state index in [1.807, 2.05) is 0 Å². The molecule has 1 amide bonds. The van der Waals surface area contributed by atoms with E-state index in [1.165, 1.54) is 12.8 Å². The van der Waals surface area contributed by atoms with Crippen molar-refractivity contribution in [2.24, 2.45) is 17.3 Å². The van der Waals surface area contributed by atoms with Crippen LogP contribution < -0.4 is 5.32 Å². The number of nitrogens with one attached hydrogen (secondary N) is 1. The van der Waals surface area contributed by atoms with Gasteiger partial charge >= 0.3 is 6.09 Å². The molecule has 1 N–H and O–H groups in total. The van der Waals surface area contributed by atoms with Gasteiger partial charge in [0.15, 0.2) is 0 Å². The zero-order chi connectivity index (χ0) is 15.3. The number of amides is 1. The highest BCUT2D eigenvalue weighted by atomic mass is 16.5. The summed E-state index contributed by atoms with van der Waals surface area (Å²) in [6, 6.07) is 0. The topological polar surface area (TPSA) is 55.4 Å². The molecule has 2 aliphatic rings. The molecule has 0 aromatic rings. The molecule has 0 saturated heterocycles. The fourth-order valence-corrected chi connectivity index (χ4v) is 3.61. The van der Waals surface area contributed by atoms with Crippen molar-refractivity contribution in [1.29, 1.82) is 0 Å². The Bertz CT molecular complexity index is 418. The van der Waals surface area contributed by atoms with E-state index in [-0.39, 0.29) is 24.4 Å². The lowest BCUT2D eigenvalue weighted by Gasteiger charge is -2.32. The molecule has 4 heteroatoms. The van der Waals surface area contributed by atoms with Crippen molar-refractivity contribution in [2.45, 2.75) is 52.4 Å². The number of hydrogen-bond acceptors (Lipinski definition) is 3. The van der Waals surface area contributed by atoms with Crippen LogP contribution >= 0.6 is 0 Å². The summed E-state index contributed by atoms with van der Waals surface area (Å²) < 4.78 is 5.35. The Morgan fingerprint density at radius 2 is 2.10 bits per heavy atom. The SMILES string of the molecule is CCCCCCNC(=O)OC[C@]1(C(C)=O)C[C@@H]2C=C[C@H]1C2. The molecule has 0 aromatic carbocycles. The van der Waals surface area contributed by atoms with Crippen LogP contribution in [-0.2, 0) is 9.53 Å². The van der Waals surface area contributed by atoms with E-state index >= 15 is 0 Å². The average Bonchev–Trinajstić information content (AvgIpc) is 3.06. The second kappa shape index (κ2) is 7.10. The number of allylic oxidation sites excluding steroid dienone is 2. The van der Waals surface area contributed by atoms with Crippen LogP contribution in [0.25, 0.3) is 0 Å². The van der Waals surface area contributed by atoms with Crippen molar-refractivity contribution in [2.75, 3.05) is 13.2 Å². The standard InChI is InChI=1S/C17H27NO3/c1-3-4-5-6-9-18-16(20)21-12-17(13(2)19)11-14-7-8-15(17)10-14/h7-8,14-15H,3-6,9-12H2,1-2H3,(H,18,20)/t14-,15+,17+/m1/s1. The van der Waals surface area contributed by atoms with Gasteiger partial charge in [0.1, 0.15) is 12.4 Å². The van der Waals surface area contributed by atoms with Gasteiger partial charge in [-0.1, -0.05) is 38.3 Å². The Labute approximate surface area is 127 Å². The van der Waals surface area contributed by atoms with Crippen molar-refractivity contribution < 1.29 is 14.3 Å². The van der Waals surface area contributed by atoms with E-state index in [0.29, 0.717) is 12.5 Å². The molecule has 4 nitrogen and oxygen atoms in total. The van der Waals surface area contributed by atoms with Crippen LogP contribution in [-0.4, -0.2) is 25.0 Å². The second-order valence-electron chi connectivity index (χ2n) is 6.47. The minimum Gasteiger partial charge on any atom is -0.448 e. The molecule has 118 valence electrons. The molecule has 0 radical (unpaired) electrons. The Morgan fingerprint density at radius 1 is 1.29 bits per heavy atom. The monoisotopic (exact) mass is 293 g/mol. The zero-order valence-electron chi connectivity index (χ0n) is 13.2. The number of ether oxygens (including phenoxy) is 1. The highest BCUT2D eigenvalue weighted by molar-refractivity contribution is 5.84. The van der Waals surface area contributed by atoms with Gasteiger partial charge in [-0.25, -0.2) is 4.79 Å². The number of hydrogen-bond donors (Lipinski definition) is 1. The molecule has 21 heavy (non-hydrogen) atoms. The predicted molar refractivity (Wildman–Crippen MR) is 82.0 cm³/mol. The van der Waals surface area contributed by atoms with Gasteiger partial charge in [-0.15, -0.1) is 0 Å². The predicted octanol–water partition coefficient (Wildman–Crippen LogP) is 3.46. The van der Waals surface area contributed by atoms with Crippen LogP contribution in [0.5, 0.6) is 0 Å². The molecule has 2 aliphatic carbocycles. The van der Waals surface area contributed by atoms with Gasteiger partial charge in [-0.3, -0.25) is 4.79 Å². The number of fused-ring (bicyclic) bond motifs is 2. The number of carbonyl (C=O) groups is 2. The third kappa shape index (κ3) is 3.66. The van der Waals surface area contributed by atoms with Gasteiger partial charge in [0, 0.05) is 6.54 Å². The minimum atomic E-state index is -0.473. The number of alkyl carbamates (subject to hydrolysis) is 1. The van der Waals surface area contributed by atoms with Gasteiger partial charge in [-0.05, 0) is 38.0 Å². The fraction of sp³-hybridized carbons (Fsp3) is 0.765. The maximum Gasteiger partial charge on any atom is 0.407 e. The van der Waals surface area contributed by atoms with E-state index in [9.17, 15) is 9.59 Å². The van der Waals surface area contributed by atoms with E-state index in [4.69, 9.17) is 4.74 Å². The van der Waals surface area contributed by atoms with Crippen molar-refractivity contribution in [3.8, 4) is 0 Å². The van der Waals surface area contributed by atoms with E-state index in [1.54, 1.807) is 6.92 Å². The van der Waals surface area contributed by atoms with Gasteiger partial charge in [0.05, 0.1) is 5.41 Å². The van der Waals surface area contributed by atoms with Gasteiger partial charge in [-0.2, -0.15) is 0 Å². The molecule has 0 aliphatic heterocycles. The summed E-state index contributed by atoms with van der Waals surface area (Å²) in [5.41, 5.74) is -0.473. The fourth-order valence-electron chi connectivity index (χ4n) is 3.61. The summed E-state index contributed by atoms with van der Waals surface area (Å²) in [4.78, 5) is 23.8. The first-order valence-electron chi connectivity index (χ1n) is 8.18. The van der Waals surface area contributed by atoms with Crippen molar-refractivity contribution >= 4 is 11.9 Å². The molecule has 2 bridgehead atoms. The van der Waals surface area contributed by atoms with E-state index < -0.39 is 5.41 Å². The van der Waals surface area contributed by atoms with Crippen molar-refractivity contribution in [3.05, 3.63) is 12.2 Å².